The Kier molecular flexibility index (Phi) is 5.41. The van der Waals surface area contributed by atoms with Crippen LogP contribution in [-0.4, -0.2) is 33.2 Å². The molecule has 130 valence electrons. The second-order valence-corrected chi connectivity index (χ2v) is 7.29. The van der Waals surface area contributed by atoms with Crippen molar-refractivity contribution >= 4 is 11.3 Å². The molecule has 0 amide bonds. The molecule has 0 radical (unpaired) electrons. The largest absolute Gasteiger partial charge is 0.497 e. The molecule has 4 heteroatoms. The summed E-state index contributed by atoms with van der Waals surface area (Å²) in [6, 6.07) is 18.8. The van der Waals surface area contributed by atoms with Crippen LogP contribution >= 0.6 is 11.3 Å². The maximum atomic E-state index is 5.29. The number of ether oxygens (including phenoxy) is 2. The van der Waals surface area contributed by atoms with Crippen molar-refractivity contribution < 1.29 is 9.47 Å². The quantitative estimate of drug-likeness (QED) is 0.611. The van der Waals surface area contributed by atoms with E-state index in [0.29, 0.717) is 0 Å². The van der Waals surface area contributed by atoms with Crippen LogP contribution in [0, 0.1) is 0 Å². The van der Waals surface area contributed by atoms with Crippen LogP contribution in [0.5, 0.6) is 11.5 Å². The van der Waals surface area contributed by atoms with Crippen molar-refractivity contribution in [2.24, 2.45) is 0 Å². The molecular formula is C21H23NO2S. The van der Waals surface area contributed by atoms with Gasteiger partial charge in [0.15, 0.2) is 0 Å². The fourth-order valence-corrected chi connectivity index (χ4v) is 4.08. The van der Waals surface area contributed by atoms with Crippen LogP contribution in [0.4, 0.5) is 0 Å². The zero-order valence-electron chi connectivity index (χ0n) is 15.1. The third-order valence-electron chi connectivity index (χ3n) is 4.01. The third-order valence-corrected chi connectivity index (χ3v) is 5.18. The van der Waals surface area contributed by atoms with Gasteiger partial charge in [-0.2, -0.15) is 0 Å². The van der Waals surface area contributed by atoms with E-state index >= 15 is 0 Å². The fraction of sp³-hybridized carbons (Fsp3) is 0.238. The van der Waals surface area contributed by atoms with Crippen molar-refractivity contribution in [3.8, 4) is 33.1 Å². The summed E-state index contributed by atoms with van der Waals surface area (Å²) in [4.78, 5) is 4.83. The van der Waals surface area contributed by atoms with Gasteiger partial charge in [0.2, 0.25) is 0 Å². The Hall–Kier alpha value is -2.30. The van der Waals surface area contributed by atoms with E-state index in [1.807, 2.05) is 35.6 Å². The van der Waals surface area contributed by atoms with E-state index in [1.54, 1.807) is 14.2 Å². The van der Waals surface area contributed by atoms with Gasteiger partial charge in [-0.05, 0) is 67.7 Å². The lowest BCUT2D eigenvalue weighted by Crippen LogP contribution is -2.09. The van der Waals surface area contributed by atoms with Gasteiger partial charge in [-0.3, -0.25) is 0 Å². The topological polar surface area (TPSA) is 21.7 Å². The predicted molar refractivity (Wildman–Crippen MR) is 106 cm³/mol. The van der Waals surface area contributed by atoms with E-state index in [1.165, 1.54) is 26.4 Å². The fourth-order valence-electron chi connectivity index (χ4n) is 2.77. The zero-order chi connectivity index (χ0) is 17.8. The summed E-state index contributed by atoms with van der Waals surface area (Å²) >= 11 is 1.85. The van der Waals surface area contributed by atoms with Gasteiger partial charge in [-0.1, -0.05) is 12.1 Å². The highest BCUT2D eigenvalue weighted by atomic mass is 32.1. The van der Waals surface area contributed by atoms with E-state index in [-0.39, 0.29) is 0 Å². The number of thiophene rings is 1. The summed E-state index contributed by atoms with van der Waals surface area (Å²) < 4.78 is 10.6. The molecule has 2 aromatic carbocycles. The molecule has 0 atom stereocenters. The van der Waals surface area contributed by atoms with Crippen molar-refractivity contribution in [3.63, 3.8) is 0 Å². The van der Waals surface area contributed by atoms with Crippen molar-refractivity contribution in [1.82, 2.24) is 4.90 Å². The summed E-state index contributed by atoms with van der Waals surface area (Å²) in [5, 5.41) is 0. The number of methoxy groups -OCH3 is 2. The average Bonchev–Trinajstić information content (AvgIpc) is 3.05. The zero-order valence-corrected chi connectivity index (χ0v) is 15.9. The second-order valence-electron chi connectivity index (χ2n) is 6.15. The molecule has 0 unspecified atom stereocenters. The lowest BCUT2D eigenvalue weighted by molar-refractivity contribution is 0.406. The highest BCUT2D eigenvalue weighted by Crippen LogP contribution is 2.40. The van der Waals surface area contributed by atoms with Crippen LogP contribution < -0.4 is 9.47 Å². The summed E-state index contributed by atoms with van der Waals surface area (Å²) in [5.74, 6) is 1.75. The number of hydrogen-bond acceptors (Lipinski definition) is 4. The van der Waals surface area contributed by atoms with Crippen molar-refractivity contribution in [1.29, 1.82) is 0 Å². The summed E-state index contributed by atoms with van der Waals surface area (Å²) in [7, 11) is 7.58. The maximum Gasteiger partial charge on any atom is 0.118 e. The van der Waals surface area contributed by atoms with E-state index in [0.717, 1.165) is 18.0 Å². The molecule has 0 fully saturated rings. The van der Waals surface area contributed by atoms with Crippen LogP contribution in [-0.2, 0) is 6.54 Å². The van der Waals surface area contributed by atoms with Gasteiger partial charge >= 0.3 is 0 Å². The van der Waals surface area contributed by atoms with E-state index in [4.69, 9.17) is 9.47 Å². The molecule has 3 nitrogen and oxygen atoms in total. The lowest BCUT2D eigenvalue weighted by Gasteiger charge is -2.07. The van der Waals surface area contributed by atoms with Crippen LogP contribution in [0.25, 0.3) is 21.6 Å². The summed E-state index contributed by atoms with van der Waals surface area (Å²) in [6.07, 6.45) is 0. The van der Waals surface area contributed by atoms with Gasteiger partial charge in [0.05, 0.1) is 14.2 Å². The highest BCUT2D eigenvalue weighted by molar-refractivity contribution is 7.16. The SMILES string of the molecule is COc1ccc(-c2cc(CN(C)C)sc2-c2ccc(OC)cc2)cc1. The van der Waals surface area contributed by atoms with Gasteiger partial charge in [0.1, 0.15) is 11.5 Å². The van der Waals surface area contributed by atoms with Gasteiger partial charge in [-0.25, -0.2) is 0 Å². The van der Waals surface area contributed by atoms with E-state index < -0.39 is 0 Å². The molecule has 3 aromatic rings. The molecule has 0 saturated carbocycles. The Balaban J connectivity index is 2.05. The Morgan fingerprint density at radius 3 is 1.80 bits per heavy atom. The van der Waals surface area contributed by atoms with Crippen molar-refractivity contribution in [2.75, 3.05) is 28.3 Å². The molecule has 25 heavy (non-hydrogen) atoms. The second kappa shape index (κ2) is 7.72. The molecule has 1 aromatic heterocycles. The molecule has 0 aliphatic rings. The van der Waals surface area contributed by atoms with Gasteiger partial charge in [0, 0.05) is 21.9 Å². The first-order chi connectivity index (χ1) is 12.1. The smallest absolute Gasteiger partial charge is 0.118 e. The molecule has 0 saturated heterocycles. The molecule has 0 N–H and O–H groups in total. The van der Waals surface area contributed by atoms with E-state index in [9.17, 15) is 0 Å². The number of benzene rings is 2. The first-order valence-electron chi connectivity index (χ1n) is 8.17. The molecule has 1 heterocycles. The predicted octanol–water partition coefficient (Wildman–Crippen LogP) is 5.16. The van der Waals surface area contributed by atoms with Gasteiger partial charge in [-0.15, -0.1) is 11.3 Å². The number of rotatable bonds is 6. The molecule has 0 aliphatic carbocycles. The van der Waals surface area contributed by atoms with Crippen LogP contribution in [0.15, 0.2) is 54.6 Å². The van der Waals surface area contributed by atoms with Crippen LogP contribution in [0.1, 0.15) is 4.88 Å². The first-order valence-corrected chi connectivity index (χ1v) is 8.98. The summed E-state index contributed by atoms with van der Waals surface area (Å²) in [6.45, 7) is 0.935. The number of hydrogen-bond donors (Lipinski definition) is 0. The molecule has 0 spiro atoms. The maximum absolute atomic E-state index is 5.29. The number of nitrogens with zero attached hydrogens (tertiary/aromatic N) is 1. The van der Waals surface area contributed by atoms with Crippen molar-refractivity contribution in [2.45, 2.75) is 6.54 Å². The Labute approximate surface area is 153 Å². The Morgan fingerprint density at radius 1 is 0.800 bits per heavy atom. The minimum absolute atomic E-state index is 0.874. The highest BCUT2D eigenvalue weighted by Gasteiger charge is 2.14. The monoisotopic (exact) mass is 353 g/mol. The average molecular weight is 353 g/mol. The lowest BCUT2D eigenvalue weighted by atomic mass is 10.0. The minimum Gasteiger partial charge on any atom is -0.497 e. The van der Waals surface area contributed by atoms with Crippen LogP contribution in [0.2, 0.25) is 0 Å². The molecule has 0 bridgehead atoms. The van der Waals surface area contributed by atoms with Gasteiger partial charge < -0.3 is 14.4 Å². The third kappa shape index (κ3) is 4.03. The Morgan fingerprint density at radius 2 is 1.32 bits per heavy atom. The Bertz CT molecular complexity index is 755. The van der Waals surface area contributed by atoms with Crippen molar-refractivity contribution in [3.05, 3.63) is 59.5 Å². The van der Waals surface area contributed by atoms with E-state index in [2.05, 4.69) is 49.3 Å². The summed E-state index contributed by atoms with van der Waals surface area (Å²) in [5.41, 5.74) is 3.67. The standard InChI is InChI=1S/C21H23NO2S/c1-22(2)14-19-13-20(15-5-9-17(23-3)10-6-15)21(25-19)16-7-11-18(24-4)12-8-16/h5-13H,14H2,1-4H3. The molecule has 3 rings (SSSR count). The minimum atomic E-state index is 0.874. The van der Waals surface area contributed by atoms with Crippen LogP contribution in [0.3, 0.4) is 0 Å². The molecule has 0 aliphatic heterocycles. The first kappa shape index (κ1) is 17.5. The molecular weight excluding hydrogens is 330 g/mol. The van der Waals surface area contributed by atoms with Gasteiger partial charge in [0.25, 0.3) is 0 Å². The normalized spacial score (nSPS) is 10.9.